The Morgan fingerprint density at radius 2 is 1.40 bits per heavy atom. The lowest BCUT2D eigenvalue weighted by atomic mass is 9.86. The highest BCUT2D eigenvalue weighted by Gasteiger charge is 2.56. The second-order valence-corrected chi connectivity index (χ2v) is 10.1. The standard InChI is InChI=1S/C22H26Cl3N2O2.ClH/c1-21(2,3)16-13-11-15(12-14-16)20(29)27(25,22(4,5)6)26(24)19(28)17-9-7-8-10-18(17)23;/h7-14H,1-6H3;1H/q+1;. The third kappa shape index (κ3) is 5.12. The maximum Gasteiger partial charge on any atom is 0.390 e. The molecule has 0 saturated heterocycles. The number of carbonyl (C=O) groups excluding carboxylic acids is 2. The van der Waals surface area contributed by atoms with E-state index in [9.17, 15) is 9.59 Å². The first-order chi connectivity index (χ1) is 13.2. The van der Waals surface area contributed by atoms with Crippen molar-refractivity contribution in [2.75, 3.05) is 0 Å². The fourth-order valence-electron chi connectivity index (χ4n) is 2.79. The number of halogens is 4. The molecule has 0 radical (unpaired) electrons. The summed E-state index contributed by atoms with van der Waals surface area (Å²) < 4.78 is -0.268. The van der Waals surface area contributed by atoms with Crippen LogP contribution in [0.3, 0.4) is 0 Å². The predicted octanol–water partition coefficient (Wildman–Crippen LogP) is 7.18. The third-order valence-electron chi connectivity index (χ3n) is 4.67. The van der Waals surface area contributed by atoms with Crippen LogP contribution in [0.15, 0.2) is 48.5 Å². The van der Waals surface area contributed by atoms with Crippen LogP contribution in [-0.4, -0.2) is 26.0 Å². The maximum atomic E-state index is 13.5. The SMILES string of the molecule is CC(C)(C)c1ccc(C(=O)[N+](Cl)(N(Cl)C(=O)c2ccccc2Cl)C(C)(C)C)cc1.Cl. The van der Waals surface area contributed by atoms with E-state index in [4.69, 9.17) is 35.2 Å². The quantitative estimate of drug-likeness (QED) is 0.328. The van der Waals surface area contributed by atoms with Crippen molar-refractivity contribution in [2.45, 2.75) is 52.5 Å². The van der Waals surface area contributed by atoms with Crippen molar-refractivity contribution in [1.82, 2.24) is 4.53 Å². The van der Waals surface area contributed by atoms with Gasteiger partial charge in [0.05, 0.1) is 27.9 Å². The maximum absolute atomic E-state index is 13.5. The Morgan fingerprint density at radius 1 is 0.900 bits per heavy atom. The Morgan fingerprint density at radius 3 is 1.83 bits per heavy atom. The summed E-state index contributed by atoms with van der Waals surface area (Å²) in [5, 5.41) is 0.224. The van der Waals surface area contributed by atoms with E-state index in [-0.39, 0.29) is 28.4 Å². The Hall–Kier alpha value is -1.30. The molecule has 0 N–H and O–H groups in total. The Bertz CT molecular complexity index is 918. The van der Waals surface area contributed by atoms with Crippen LogP contribution in [-0.2, 0) is 5.41 Å². The summed E-state index contributed by atoms with van der Waals surface area (Å²) in [6.45, 7) is 11.5. The van der Waals surface area contributed by atoms with Crippen molar-refractivity contribution >= 4 is 59.4 Å². The molecule has 0 aliphatic carbocycles. The van der Waals surface area contributed by atoms with Crippen molar-refractivity contribution in [3.8, 4) is 0 Å². The molecule has 164 valence electrons. The zero-order valence-electron chi connectivity index (χ0n) is 17.9. The molecule has 1 unspecified atom stereocenters. The molecule has 0 saturated carbocycles. The van der Waals surface area contributed by atoms with E-state index in [1.807, 2.05) is 12.1 Å². The minimum atomic E-state index is -0.979. The molecule has 0 aliphatic rings. The van der Waals surface area contributed by atoms with E-state index >= 15 is 0 Å². The number of carbonyl (C=O) groups is 2. The molecule has 0 aromatic heterocycles. The minimum absolute atomic E-state index is 0. The van der Waals surface area contributed by atoms with Gasteiger partial charge >= 0.3 is 11.8 Å². The molecule has 0 fully saturated rings. The van der Waals surface area contributed by atoms with Crippen molar-refractivity contribution in [3.63, 3.8) is 0 Å². The van der Waals surface area contributed by atoms with Crippen molar-refractivity contribution in [2.24, 2.45) is 0 Å². The molecule has 0 heterocycles. The fraction of sp³-hybridized carbons (Fsp3) is 0.364. The number of amides is 2. The van der Waals surface area contributed by atoms with Gasteiger partial charge in [-0.2, -0.15) is 0 Å². The van der Waals surface area contributed by atoms with Crippen LogP contribution in [0.1, 0.15) is 67.8 Å². The van der Waals surface area contributed by atoms with E-state index in [0.29, 0.717) is 10.1 Å². The van der Waals surface area contributed by atoms with Crippen LogP contribution in [0.2, 0.25) is 5.02 Å². The highest BCUT2D eigenvalue weighted by atomic mass is 35.5. The first kappa shape index (κ1) is 26.7. The number of hydrogen-bond donors (Lipinski definition) is 0. The number of rotatable bonds is 2. The van der Waals surface area contributed by atoms with Crippen LogP contribution >= 0.6 is 47.6 Å². The Balaban J connectivity index is 0.00000450. The summed E-state index contributed by atoms with van der Waals surface area (Å²) in [7, 11) is 0. The third-order valence-corrected chi connectivity index (χ3v) is 6.27. The van der Waals surface area contributed by atoms with Gasteiger partial charge in [0.25, 0.3) is 0 Å². The molecule has 2 aromatic rings. The van der Waals surface area contributed by atoms with Gasteiger partial charge in [0, 0.05) is 0 Å². The van der Waals surface area contributed by atoms with Gasteiger partial charge in [-0.15, -0.1) is 12.4 Å². The van der Waals surface area contributed by atoms with Crippen LogP contribution < -0.4 is 0 Å². The smallest absolute Gasteiger partial charge is 0.262 e. The van der Waals surface area contributed by atoms with Crippen LogP contribution in [0.5, 0.6) is 0 Å². The van der Waals surface area contributed by atoms with Crippen LogP contribution in [0.4, 0.5) is 0 Å². The summed E-state index contributed by atoms with van der Waals surface area (Å²) in [6.07, 6.45) is 0. The van der Waals surface area contributed by atoms with Crippen molar-refractivity contribution < 1.29 is 13.7 Å². The van der Waals surface area contributed by atoms with Crippen LogP contribution in [0, 0.1) is 0 Å². The molecule has 8 heteroatoms. The van der Waals surface area contributed by atoms with Gasteiger partial charge < -0.3 is 0 Å². The van der Waals surface area contributed by atoms with Gasteiger partial charge in [-0.3, -0.25) is 4.79 Å². The second-order valence-electron chi connectivity index (χ2n) is 8.90. The number of quaternary nitrogens is 1. The number of nitrogens with zero attached hydrogens (tertiary/aromatic N) is 2. The largest absolute Gasteiger partial charge is 0.390 e. The number of hydrogen-bond acceptors (Lipinski definition) is 2. The van der Waals surface area contributed by atoms with E-state index in [2.05, 4.69) is 20.8 Å². The molecule has 2 rings (SSSR count). The molecule has 0 spiro atoms. The summed E-state index contributed by atoms with van der Waals surface area (Å²) >= 11 is 19.4. The van der Waals surface area contributed by atoms with E-state index in [1.165, 1.54) is 6.07 Å². The van der Waals surface area contributed by atoms with Gasteiger partial charge in [0.15, 0.2) is 0 Å². The van der Waals surface area contributed by atoms with E-state index in [0.717, 1.165) is 5.56 Å². The lowest BCUT2D eigenvalue weighted by Gasteiger charge is -2.40. The summed E-state index contributed by atoms with van der Waals surface area (Å²) in [6, 6.07) is 13.6. The lowest BCUT2D eigenvalue weighted by Crippen LogP contribution is -2.64. The monoisotopic (exact) mass is 491 g/mol. The minimum Gasteiger partial charge on any atom is -0.262 e. The van der Waals surface area contributed by atoms with Gasteiger partial charge in [0.1, 0.15) is 5.54 Å². The predicted molar refractivity (Wildman–Crippen MR) is 126 cm³/mol. The zero-order valence-corrected chi connectivity index (χ0v) is 21.0. The molecule has 0 aliphatic heterocycles. The average Bonchev–Trinajstić information content (AvgIpc) is 2.64. The lowest BCUT2D eigenvalue weighted by molar-refractivity contribution is -0.871. The van der Waals surface area contributed by atoms with Gasteiger partial charge in [-0.05, 0) is 60.1 Å². The molecule has 30 heavy (non-hydrogen) atoms. The molecule has 4 nitrogen and oxygen atoms in total. The Labute approximate surface area is 199 Å². The normalized spacial score (nSPS) is 13.8. The fourth-order valence-corrected chi connectivity index (χ4v) is 3.56. The van der Waals surface area contributed by atoms with E-state index in [1.54, 1.807) is 51.1 Å². The van der Waals surface area contributed by atoms with E-state index < -0.39 is 21.5 Å². The molecule has 0 bridgehead atoms. The highest BCUT2D eigenvalue weighted by Crippen LogP contribution is 2.37. The molecule has 2 aromatic carbocycles. The topological polar surface area (TPSA) is 37.4 Å². The van der Waals surface area contributed by atoms with Crippen molar-refractivity contribution in [1.29, 1.82) is 0 Å². The second kappa shape index (κ2) is 9.46. The summed E-state index contributed by atoms with van der Waals surface area (Å²) in [4.78, 5) is 26.5. The number of benzene rings is 2. The molecule has 1 atom stereocenters. The van der Waals surface area contributed by atoms with Gasteiger partial charge in [-0.25, -0.2) is 4.79 Å². The summed E-state index contributed by atoms with van der Waals surface area (Å²) in [5.41, 5.74) is 0.595. The zero-order chi connectivity index (χ0) is 22.2. The average molecular weight is 493 g/mol. The first-order valence-corrected chi connectivity index (χ1v) is 10.3. The molecular weight excluding hydrogens is 466 g/mol. The van der Waals surface area contributed by atoms with Crippen LogP contribution in [0.25, 0.3) is 0 Å². The molecule has 2 amide bonds. The van der Waals surface area contributed by atoms with Gasteiger partial charge in [-0.1, -0.05) is 61.2 Å². The summed E-state index contributed by atoms with van der Waals surface area (Å²) in [5.74, 6) is -1.18. The Kier molecular flexibility index (Phi) is 8.43. The molecular formula is C22H27Cl4N2O2+. The first-order valence-electron chi connectivity index (χ1n) is 9.20. The highest BCUT2D eigenvalue weighted by molar-refractivity contribution is 6.35. The van der Waals surface area contributed by atoms with Crippen molar-refractivity contribution in [3.05, 3.63) is 70.2 Å². The van der Waals surface area contributed by atoms with Gasteiger partial charge in [0.2, 0.25) is 11.8 Å².